The minimum Gasteiger partial charge on any atom is -0.492 e. The first kappa shape index (κ1) is 23.1. The number of halogens is 1. The van der Waals surface area contributed by atoms with Crippen molar-refractivity contribution in [2.45, 2.75) is 78.3 Å². The molecule has 2 saturated heterocycles. The van der Waals surface area contributed by atoms with Gasteiger partial charge in [0.05, 0.1) is 18.0 Å². The van der Waals surface area contributed by atoms with Crippen molar-refractivity contribution < 1.29 is 9.13 Å². The van der Waals surface area contributed by atoms with E-state index in [1.165, 1.54) is 6.07 Å². The van der Waals surface area contributed by atoms with Crippen LogP contribution in [-0.2, 0) is 0 Å². The highest BCUT2D eigenvalue weighted by Crippen LogP contribution is 2.43. The van der Waals surface area contributed by atoms with Crippen LogP contribution in [0.15, 0.2) is 10.9 Å². The number of benzene rings is 1. The number of fused-ring (bicyclic) bond motifs is 2. The molecule has 2 aromatic rings. The SMILES string of the molecule is COc1c(N2C[C@H]3CCCN[C@H]3C2)c(F)cc2c(=O)c(C(C)C)c(C(C)C)n(C(C)C)c12. The van der Waals surface area contributed by atoms with Crippen LogP contribution in [-0.4, -0.2) is 37.4 Å². The van der Waals surface area contributed by atoms with Gasteiger partial charge in [-0.15, -0.1) is 0 Å². The molecule has 2 fully saturated rings. The molecule has 2 aliphatic heterocycles. The molecule has 0 radical (unpaired) electrons. The number of hydrogen-bond acceptors (Lipinski definition) is 4. The van der Waals surface area contributed by atoms with E-state index in [1.54, 1.807) is 7.11 Å². The zero-order valence-electron chi connectivity index (χ0n) is 20.6. The average molecular weight is 444 g/mol. The largest absolute Gasteiger partial charge is 0.492 e. The first-order valence-electron chi connectivity index (χ1n) is 12.1. The molecule has 0 bridgehead atoms. The normalized spacial score (nSPS) is 21.3. The van der Waals surface area contributed by atoms with Crippen LogP contribution in [0.5, 0.6) is 5.75 Å². The van der Waals surface area contributed by atoms with Crippen molar-refractivity contribution in [2.75, 3.05) is 31.6 Å². The van der Waals surface area contributed by atoms with Crippen LogP contribution in [0.25, 0.3) is 10.9 Å². The van der Waals surface area contributed by atoms with Crippen molar-refractivity contribution in [1.82, 2.24) is 9.88 Å². The molecule has 0 saturated carbocycles. The molecule has 1 aromatic carbocycles. The molecule has 6 heteroatoms. The van der Waals surface area contributed by atoms with Crippen molar-refractivity contribution in [3.05, 3.63) is 33.4 Å². The Bertz CT molecular complexity index is 1060. The van der Waals surface area contributed by atoms with Crippen molar-refractivity contribution in [1.29, 1.82) is 0 Å². The second kappa shape index (κ2) is 8.69. The Labute approximate surface area is 190 Å². The third-order valence-electron chi connectivity index (χ3n) is 7.21. The van der Waals surface area contributed by atoms with Crippen molar-refractivity contribution >= 4 is 16.6 Å². The van der Waals surface area contributed by atoms with Crippen molar-refractivity contribution in [2.24, 2.45) is 5.92 Å². The van der Waals surface area contributed by atoms with Gasteiger partial charge in [0.25, 0.3) is 0 Å². The summed E-state index contributed by atoms with van der Waals surface area (Å²) in [6.07, 6.45) is 2.33. The maximum atomic E-state index is 15.7. The van der Waals surface area contributed by atoms with Gasteiger partial charge in [0.15, 0.2) is 17.0 Å². The van der Waals surface area contributed by atoms with Gasteiger partial charge in [-0.05, 0) is 57.1 Å². The highest BCUT2D eigenvalue weighted by molar-refractivity contribution is 5.92. The van der Waals surface area contributed by atoms with Crippen LogP contribution >= 0.6 is 0 Å². The molecule has 3 heterocycles. The van der Waals surface area contributed by atoms with Gasteiger partial charge >= 0.3 is 0 Å². The number of pyridine rings is 1. The highest BCUT2D eigenvalue weighted by atomic mass is 19.1. The average Bonchev–Trinajstić information content (AvgIpc) is 3.15. The van der Waals surface area contributed by atoms with E-state index in [2.05, 4.69) is 42.5 Å². The van der Waals surface area contributed by atoms with Gasteiger partial charge < -0.3 is 19.5 Å². The van der Waals surface area contributed by atoms with Gasteiger partial charge in [-0.2, -0.15) is 0 Å². The summed E-state index contributed by atoms with van der Waals surface area (Å²) in [5, 5.41) is 4.01. The fourth-order valence-electron chi connectivity index (χ4n) is 5.93. The van der Waals surface area contributed by atoms with Crippen LogP contribution in [0.2, 0.25) is 0 Å². The zero-order valence-corrected chi connectivity index (χ0v) is 20.6. The van der Waals surface area contributed by atoms with Crippen molar-refractivity contribution in [3.8, 4) is 5.75 Å². The maximum Gasteiger partial charge on any atom is 0.193 e. The van der Waals surface area contributed by atoms with E-state index in [0.29, 0.717) is 28.8 Å². The number of hydrogen-bond donors (Lipinski definition) is 1. The predicted molar refractivity (Wildman–Crippen MR) is 130 cm³/mol. The topological polar surface area (TPSA) is 46.5 Å². The second-order valence-corrected chi connectivity index (χ2v) is 10.4. The summed E-state index contributed by atoms with van der Waals surface area (Å²) in [7, 11) is 1.60. The maximum absolute atomic E-state index is 15.7. The van der Waals surface area contributed by atoms with Crippen LogP contribution in [0, 0.1) is 11.7 Å². The minimum absolute atomic E-state index is 0.0517. The van der Waals surface area contributed by atoms with E-state index in [1.807, 2.05) is 13.8 Å². The van der Waals surface area contributed by atoms with Gasteiger partial charge in [-0.25, -0.2) is 4.39 Å². The fourth-order valence-corrected chi connectivity index (χ4v) is 5.93. The Morgan fingerprint density at radius 2 is 1.84 bits per heavy atom. The third kappa shape index (κ3) is 3.60. The lowest BCUT2D eigenvalue weighted by Gasteiger charge is -2.30. The molecule has 0 unspecified atom stereocenters. The third-order valence-corrected chi connectivity index (χ3v) is 7.21. The van der Waals surface area contributed by atoms with E-state index < -0.39 is 0 Å². The number of nitrogens with zero attached hydrogens (tertiary/aromatic N) is 2. The number of piperidine rings is 1. The van der Waals surface area contributed by atoms with Crippen LogP contribution in [0.3, 0.4) is 0 Å². The fraction of sp³-hybridized carbons (Fsp3) is 0.654. The monoisotopic (exact) mass is 443 g/mol. The second-order valence-electron chi connectivity index (χ2n) is 10.4. The van der Waals surface area contributed by atoms with Gasteiger partial charge in [-0.1, -0.05) is 27.7 Å². The Morgan fingerprint density at radius 1 is 1.12 bits per heavy atom. The molecular formula is C26H38FN3O2. The standard InChI is InChI=1S/C26H38FN3O2/c1-14(2)21-22(15(3)4)30(16(5)6)23-18(25(21)31)11-19(27)24(26(23)32-7)29-12-17-9-8-10-28-20(17)13-29/h11,14-17,20,28H,8-10,12-13H2,1-7H3/t17-,20+/m1/s1. The predicted octanol–water partition coefficient (Wildman–Crippen LogP) is 5.17. The van der Waals surface area contributed by atoms with E-state index in [4.69, 9.17) is 4.74 Å². The van der Waals surface area contributed by atoms with Gasteiger partial charge in [0, 0.05) is 36.4 Å². The molecule has 0 aliphatic carbocycles. The summed E-state index contributed by atoms with van der Waals surface area (Å²) in [5.74, 6) is 0.847. The molecule has 1 N–H and O–H groups in total. The van der Waals surface area contributed by atoms with Crippen molar-refractivity contribution in [3.63, 3.8) is 0 Å². The summed E-state index contributed by atoms with van der Waals surface area (Å²) >= 11 is 0. The first-order chi connectivity index (χ1) is 15.2. The molecular weight excluding hydrogens is 405 g/mol. The number of aromatic nitrogens is 1. The number of rotatable bonds is 5. The Morgan fingerprint density at radius 3 is 2.41 bits per heavy atom. The molecule has 2 atom stereocenters. The molecule has 5 nitrogen and oxygen atoms in total. The number of nitrogens with one attached hydrogen (secondary N) is 1. The van der Waals surface area contributed by atoms with E-state index >= 15 is 4.39 Å². The van der Waals surface area contributed by atoms with E-state index in [0.717, 1.165) is 49.2 Å². The van der Waals surface area contributed by atoms with E-state index in [-0.39, 0.29) is 29.1 Å². The van der Waals surface area contributed by atoms with Gasteiger partial charge in [0.2, 0.25) is 0 Å². The summed E-state index contributed by atoms with van der Waals surface area (Å²) in [5.41, 5.74) is 2.96. The molecule has 4 rings (SSSR count). The Kier molecular flexibility index (Phi) is 6.27. The van der Waals surface area contributed by atoms with Crippen LogP contribution in [0.4, 0.5) is 10.1 Å². The Hall–Kier alpha value is -2.08. The molecule has 1 aromatic heterocycles. The van der Waals surface area contributed by atoms with Crippen LogP contribution in [0.1, 0.15) is 83.5 Å². The van der Waals surface area contributed by atoms with E-state index in [9.17, 15) is 4.79 Å². The zero-order chi connectivity index (χ0) is 23.3. The number of methoxy groups -OCH3 is 1. The summed E-state index contributed by atoms with van der Waals surface area (Å²) in [6, 6.07) is 1.94. The molecule has 0 amide bonds. The summed E-state index contributed by atoms with van der Waals surface area (Å²) in [6.45, 7) is 15.2. The van der Waals surface area contributed by atoms with Gasteiger partial charge in [0.1, 0.15) is 5.69 Å². The van der Waals surface area contributed by atoms with Crippen LogP contribution < -0.4 is 20.4 Å². The quantitative estimate of drug-likeness (QED) is 0.693. The lowest BCUT2D eigenvalue weighted by molar-refractivity contribution is 0.340. The molecule has 2 aliphatic rings. The smallest absolute Gasteiger partial charge is 0.193 e. The highest BCUT2D eigenvalue weighted by Gasteiger charge is 2.37. The minimum atomic E-state index is -0.368. The lowest BCUT2D eigenvalue weighted by Crippen LogP contribution is -2.40. The molecule has 176 valence electrons. The Balaban J connectivity index is 2.05. The van der Waals surface area contributed by atoms with Gasteiger partial charge in [-0.3, -0.25) is 4.79 Å². The lowest BCUT2D eigenvalue weighted by atomic mass is 9.91. The number of ether oxygens (including phenoxy) is 1. The molecule has 32 heavy (non-hydrogen) atoms. The first-order valence-corrected chi connectivity index (χ1v) is 12.1. The number of anilines is 1. The summed E-state index contributed by atoms with van der Waals surface area (Å²) < 4.78 is 23.9. The molecule has 0 spiro atoms. The summed E-state index contributed by atoms with van der Waals surface area (Å²) in [4.78, 5) is 15.8.